The molecule has 3 aliphatic heterocycles. The van der Waals surface area contributed by atoms with Gasteiger partial charge in [0.1, 0.15) is 24.7 Å². The highest BCUT2D eigenvalue weighted by Crippen LogP contribution is 2.53. The normalized spacial score (nSPS) is 45.6. The van der Waals surface area contributed by atoms with Gasteiger partial charge in [-0.15, -0.1) is 0 Å². The summed E-state index contributed by atoms with van der Waals surface area (Å²) >= 11 is 22.3. The minimum atomic E-state index is -3.87. The van der Waals surface area contributed by atoms with Crippen LogP contribution in [0.25, 0.3) is 0 Å². The van der Waals surface area contributed by atoms with Gasteiger partial charge in [0.2, 0.25) is 15.9 Å². The summed E-state index contributed by atoms with van der Waals surface area (Å²) in [6.07, 6.45) is -6.23. The molecule has 24 heavy (non-hydrogen) atoms. The molecular formula is C12H14Cl4F2O6. The van der Waals surface area contributed by atoms with E-state index in [0.717, 1.165) is 0 Å². The number of halogens is 6. The molecule has 0 radical (unpaired) electrons. The Balaban J connectivity index is 1.97. The Morgan fingerprint density at radius 1 is 1.12 bits per heavy atom. The lowest BCUT2D eigenvalue weighted by Crippen LogP contribution is -2.65. The van der Waals surface area contributed by atoms with E-state index in [1.807, 2.05) is 0 Å². The van der Waals surface area contributed by atoms with Gasteiger partial charge in [0, 0.05) is 0 Å². The standard InChI is InChI=1S/C12H14Cl4F2O6/c1-9(2)20-3-10(24-9)6-5(21-8(22-6)11(13,14)15)4(7(19)23-10)12(16,17)18/h4-8,19H,3H2,1-2H3/t4-,5-,6-,7?,8+,10-/m0/s1. The molecule has 3 aliphatic rings. The molecule has 1 unspecified atom stereocenters. The molecular weight excluding hydrogens is 420 g/mol. The summed E-state index contributed by atoms with van der Waals surface area (Å²) in [5, 5.41) is 6.21. The largest absolute Gasteiger partial charge is 0.367 e. The van der Waals surface area contributed by atoms with Crippen LogP contribution < -0.4 is 0 Å². The fraction of sp³-hybridized carbons (Fsp3) is 1.00. The molecule has 0 bridgehead atoms. The Morgan fingerprint density at radius 2 is 1.75 bits per heavy atom. The van der Waals surface area contributed by atoms with Gasteiger partial charge in [-0.1, -0.05) is 34.8 Å². The van der Waals surface area contributed by atoms with Gasteiger partial charge >= 0.3 is 5.38 Å². The maximum Gasteiger partial charge on any atom is 0.331 e. The molecule has 0 aliphatic carbocycles. The molecule has 3 fully saturated rings. The fourth-order valence-corrected chi connectivity index (χ4v) is 3.58. The Kier molecular flexibility index (Phi) is 4.79. The summed E-state index contributed by atoms with van der Waals surface area (Å²) in [5.41, 5.74) is 0. The Labute approximate surface area is 156 Å². The van der Waals surface area contributed by atoms with Crippen molar-refractivity contribution < 1.29 is 37.6 Å². The molecule has 6 nitrogen and oxygen atoms in total. The summed E-state index contributed by atoms with van der Waals surface area (Å²) in [7, 11) is 0. The van der Waals surface area contributed by atoms with Crippen LogP contribution in [0.15, 0.2) is 0 Å². The van der Waals surface area contributed by atoms with Gasteiger partial charge in [0.05, 0.1) is 0 Å². The SMILES string of the molecule is CC1(C)OC[C@]2(OC(O)[C@@H](C(F)(F)Cl)[C@@H]3O[C@@H](C(Cl)(Cl)Cl)O[C@@H]32)O1. The molecule has 6 atom stereocenters. The number of rotatable bonds is 1. The second-order valence-electron chi connectivity index (χ2n) is 6.21. The van der Waals surface area contributed by atoms with Crippen molar-refractivity contribution in [1.82, 2.24) is 0 Å². The molecule has 3 heterocycles. The highest BCUT2D eigenvalue weighted by atomic mass is 35.6. The summed E-state index contributed by atoms with van der Waals surface area (Å²) < 4.78 is 52.7. The highest BCUT2D eigenvalue weighted by molar-refractivity contribution is 6.67. The van der Waals surface area contributed by atoms with E-state index in [-0.39, 0.29) is 6.61 Å². The predicted molar refractivity (Wildman–Crippen MR) is 79.1 cm³/mol. The first-order valence-electron chi connectivity index (χ1n) is 6.90. The van der Waals surface area contributed by atoms with Crippen molar-refractivity contribution >= 4 is 46.4 Å². The van der Waals surface area contributed by atoms with Crippen LogP contribution in [0.2, 0.25) is 0 Å². The molecule has 0 aromatic rings. The van der Waals surface area contributed by atoms with Crippen LogP contribution in [0.5, 0.6) is 0 Å². The van der Waals surface area contributed by atoms with E-state index in [0.29, 0.717) is 0 Å². The van der Waals surface area contributed by atoms with Gasteiger partial charge in [0.25, 0.3) is 0 Å². The fourth-order valence-electron chi connectivity index (χ4n) is 3.04. The average Bonchev–Trinajstić information content (AvgIpc) is 2.90. The number of ether oxygens (including phenoxy) is 5. The first-order chi connectivity index (χ1) is 10.8. The van der Waals surface area contributed by atoms with Crippen molar-refractivity contribution in [2.24, 2.45) is 5.92 Å². The van der Waals surface area contributed by atoms with Crippen LogP contribution in [0.1, 0.15) is 13.8 Å². The summed E-state index contributed by atoms with van der Waals surface area (Å²) in [6.45, 7) is 2.95. The molecule has 140 valence electrons. The Hall–Kier alpha value is 0.780. The quantitative estimate of drug-likeness (QED) is 0.641. The number of hydrogen-bond donors (Lipinski definition) is 1. The van der Waals surface area contributed by atoms with Crippen molar-refractivity contribution in [3.8, 4) is 0 Å². The maximum absolute atomic E-state index is 13.8. The van der Waals surface area contributed by atoms with Crippen LogP contribution in [-0.4, -0.2) is 57.2 Å². The van der Waals surface area contributed by atoms with E-state index >= 15 is 0 Å². The first-order valence-corrected chi connectivity index (χ1v) is 8.41. The lowest BCUT2D eigenvalue weighted by atomic mass is 9.89. The van der Waals surface area contributed by atoms with Crippen LogP contribution in [0, 0.1) is 5.92 Å². The molecule has 0 aromatic heterocycles. The van der Waals surface area contributed by atoms with Gasteiger partial charge in [-0.05, 0) is 25.4 Å². The third-order valence-electron chi connectivity index (χ3n) is 3.95. The average molecular weight is 434 g/mol. The first kappa shape index (κ1) is 19.5. The molecule has 1 spiro atoms. The van der Waals surface area contributed by atoms with E-state index < -0.39 is 51.5 Å². The minimum absolute atomic E-state index is 0.214. The van der Waals surface area contributed by atoms with Gasteiger partial charge in [-0.3, -0.25) is 0 Å². The molecule has 0 amide bonds. The van der Waals surface area contributed by atoms with Gasteiger partial charge in [-0.25, -0.2) is 0 Å². The number of aliphatic hydroxyl groups is 1. The van der Waals surface area contributed by atoms with E-state index in [9.17, 15) is 13.9 Å². The third-order valence-corrected chi connectivity index (χ3v) is 4.74. The van der Waals surface area contributed by atoms with Crippen molar-refractivity contribution in [1.29, 1.82) is 0 Å². The lowest BCUT2D eigenvalue weighted by molar-refractivity contribution is -0.381. The second kappa shape index (κ2) is 5.89. The summed E-state index contributed by atoms with van der Waals surface area (Å²) in [4.78, 5) is 0. The van der Waals surface area contributed by atoms with E-state index in [2.05, 4.69) is 0 Å². The summed E-state index contributed by atoms with van der Waals surface area (Å²) in [6, 6.07) is 0. The Bertz CT molecular complexity index is 513. The monoisotopic (exact) mass is 432 g/mol. The van der Waals surface area contributed by atoms with Crippen molar-refractivity contribution in [2.75, 3.05) is 6.61 Å². The van der Waals surface area contributed by atoms with Gasteiger partial charge < -0.3 is 28.8 Å². The number of alkyl halides is 6. The maximum atomic E-state index is 13.8. The predicted octanol–water partition coefficient (Wildman–Crippen LogP) is 2.74. The molecule has 3 saturated heterocycles. The Morgan fingerprint density at radius 3 is 2.21 bits per heavy atom. The zero-order valence-corrected chi connectivity index (χ0v) is 15.4. The van der Waals surface area contributed by atoms with Gasteiger partial charge in [0.15, 0.2) is 12.1 Å². The van der Waals surface area contributed by atoms with E-state index in [4.69, 9.17) is 70.1 Å². The molecule has 12 heteroatoms. The van der Waals surface area contributed by atoms with Crippen LogP contribution in [0.4, 0.5) is 8.78 Å². The number of aliphatic hydroxyl groups excluding tert-OH is 1. The van der Waals surface area contributed by atoms with Crippen molar-refractivity contribution in [2.45, 2.75) is 59.4 Å². The van der Waals surface area contributed by atoms with Crippen molar-refractivity contribution in [3.63, 3.8) is 0 Å². The third kappa shape index (κ3) is 3.35. The zero-order chi connectivity index (χ0) is 18.1. The van der Waals surface area contributed by atoms with E-state index in [1.165, 1.54) is 0 Å². The highest BCUT2D eigenvalue weighted by Gasteiger charge is 2.70. The minimum Gasteiger partial charge on any atom is -0.367 e. The van der Waals surface area contributed by atoms with Crippen LogP contribution >= 0.6 is 46.4 Å². The zero-order valence-electron chi connectivity index (χ0n) is 12.4. The molecule has 0 saturated carbocycles. The summed E-state index contributed by atoms with van der Waals surface area (Å²) in [5.74, 6) is -4.79. The molecule has 3 rings (SSSR count). The molecule has 0 aromatic carbocycles. The lowest BCUT2D eigenvalue weighted by Gasteiger charge is -2.46. The second-order valence-corrected chi connectivity index (χ2v) is 9.08. The molecule has 1 N–H and O–H groups in total. The number of fused-ring (bicyclic) bond motifs is 2. The van der Waals surface area contributed by atoms with Crippen LogP contribution in [-0.2, 0) is 23.7 Å². The smallest absolute Gasteiger partial charge is 0.331 e. The van der Waals surface area contributed by atoms with Crippen LogP contribution in [0.3, 0.4) is 0 Å². The number of hydrogen-bond acceptors (Lipinski definition) is 6. The topological polar surface area (TPSA) is 66.4 Å². The van der Waals surface area contributed by atoms with E-state index in [1.54, 1.807) is 13.8 Å². The van der Waals surface area contributed by atoms with Gasteiger partial charge in [-0.2, -0.15) is 8.78 Å². The van der Waals surface area contributed by atoms with Crippen molar-refractivity contribution in [3.05, 3.63) is 0 Å².